The lowest BCUT2D eigenvalue weighted by Gasteiger charge is -2.14. The molecule has 2 nitrogen and oxygen atoms in total. The molecule has 0 aliphatic heterocycles. The zero-order valence-corrected chi connectivity index (χ0v) is 15.0. The smallest absolute Gasteiger partial charge is 0.411 e. The molecule has 3 heteroatoms. The van der Waals surface area contributed by atoms with Crippen molar-refractivity contribution in [3.05, 3.63) is 0 Å². The van der Waals surface area contributed by atoms with Crippen molar-refractivity contribution in [3.8, 4) is 0 Å². The lowest BCUT2D eigenvalue weighted by atomic mass is 9.82. The van der Waals surface area contributed by atoms with Crippen LogP contribution in [0.25, 0.3) is 0 Å². The Labute approximate surface area is 134 Å². The van der Waals surface area contributed by atoms with Crippen molar-refractivity contribution >= 4 is 7.12 Å². The van der Waals surface area contributed by atoms with Gasteiger partial charge in [-0.1, -0.05) is 85.0 Å². The molecule has 0 saturated heterocycles. The SMILES string of the molecule is CCCCCCCOB(CCCC)OCCCCCCC. The van der Waals surface area contributed by atoms with Crippen LogP contribution in [0.2, 0.25) is 6.32 Å². The molecule has 0 atom stereocenters. The molecule has 0 aliphatic rings. The van der Waals surface area contributed by atoms with E-state index in [1.165, 1.54) is 77.0 Å². The topological polar surface area (TPSA) is 18.5 Å². The van der Waals surface area contributed by atoms with Gasteiger partial charge in [-0.15, -0.1) is 0 Å². The summed E-state index contributed by atoms with van der Waals surface area (Å²) in [5.41, 5.74) is 0. The van der Waals surface area contributed by atoms with E-state index in [9.17, 15) is 0 Å². The van der Waals surface area contributed by atoms with Gasteiger partial charge >= 0.3 is 7.12 Å². The summed E-state index contributed by atoms with van der Waals surface area (Å²) in [6.07, 6.45) is 16.5. The first-order valence-electron chi connectivity index (χ1n) is 9.58. The van der Waals surface area contributed by atoms with E-state index in [1.807, 2.05) is 0 Å². The van der Waals surface area contributed by atoms with Crippen LogP contribution in [0.15, 0.2) is 0 Å². The van der Waals surface area contributed by atoms with Gasteiger partial charge in [0.15, 0.2) is 0 Å². The molecule has 0 aliphatic carbocycles. The molecule has 0 N–H and O–H groups in total. The predicted octanol–water partition coefficient (Wildman–Crippen LogP) is 6.25. The Morgan fingerprint density at radius 2 is 0.952 bits per heavy atom. The molecule has 0 rings (SSSR count). The van der Waals surface area contributed by atoms with Crippen molar-refractivity contribution in [2.75, 3.05) is 13.2 Å². The van der Waals surface area contributed by atoms with E-state index in [0.717, 1.165) is 19.5 Å². The van der Waals surface area contributed by atoms with Crippen LogP contribution in [0.5, 0.6) is 0 Å². The zero-order valence-electron chi connectivity index (χ0n) is 15.0. The summed E-state index contributed by atoms with van der Waals surface area (Å²) >= 11 is 0. The minimum Gasteiger partial charge on any atom is -0.411 e. The molecule has 0 aromatic heterocycles. The molecule has 126 valence electrons. The van der Waals surface area contributed by atoms with Gasteiger partial charge in [0.05, 0.1) is 0 Å². The normalized spacial score (nSPS) is 11.0. The van der Waals surface area contributed by atoms with Crippen molar-refractivity contribution in [2.45, 2.75) is 104 Å². The van der Waals surface area contributed by atoms with Crippen molar-refractivity contribution < 1.29 is 9.31 Å². The average Bonchev–Trinajstić information content (AvgIpc) is 2.50. The number of rotatable bonds is 17. The van der Waals surface area contributed by atoms with Crippen LogP contribution in [-0.4, -0.2) is 20.3 Å². The molecule has 0 amide bonds. The first-order valence-corrected chi connectivity index (χ1v) is 9.58. The zero-order chi connectivity index (χ0) is 15.6. The highest BCUT2D eigenvalue weighted by Crippen LogP contribution is 2.09. The van der Waals surface area contributed by atoms with Crippen LogP contribution in [0.1, 0.15) is 97.8 Å². The van der Waals surface area contributed by atoms with Gasteiger partial charge in [-0.2, -0.15) is 0 Å². The third kappa shape index (κ3) is 16.2. The largest absolute Gasteiger partial charge is 0.456 e. The molecule has 0 aromatic rings. The van der Waals surface area contributed by atoms with Crippen molar-refractivity contribution in [1.29, 1.82) is 0 Å². The fourth-order valence-corrected chi connectivity index (χ4v) is 2.43. The van der Waals surface area contributed by atoms with Gasteiger partial charge in [0.1, 0.15) is 0 Å². The van der Waals surface area contributed by atoms with Gasteiger partial charge in [-0.05, 0) is 19.2 Å². The summed E-state index contributed by atoms with van der Waals surface area (Å²) < 4.78 is 11.9. The van der Waals surface area contributed by atoms with Crippen LogP contribution in [0.4, 0.5) is 0 Å². The minimum atomic E-state index is 0.0438. The fourth-order valence-electron chi connectivity index (χ4n) is 2.43. The minimum absolute atomic E-state index is 0.0438. The maximum atomic E-state index is 5.93. The molecule has 0 unspecified atom stereocenters. The third-order valence-corrected chi connectivity index (χ3v) is 3.90. The standard InChI is InChI=1S/C18H39BO2/c1-4-7-10-12-14-17-20-19(16-9-6-3)21-18-15-13-11-8-5-2/h4-18H2,1-3H3. The van der Waals surface area contributed by atoms with Crippen LogP contribution in [0.3, 0.4) is 0 Å². The second-order valence-electron chi connectivity index (χ2n) is 6.14. The molecular formula is C18H39BO2. The molecule has 0 bridgehead atoms. The molecule has 0 radical (unpaired) electrons. The molecule has 0 saturated carbocycles. The lowest BCUT2D eigenvalue weighted by Crippen LogP contribution is -2.24. The number of hydrogen-bond donors (Lipinski definition) is 0. The van der Waals surface area contributed by atoms with E-state index in [-0.39, 0.29) is 7.12 Å². The summed E-state index contributed by atoms with van der Waals surface area (Å²) in [7, 11) is 0.0438. The Hall–Kier alpha value is -0.0151. The van der Waals surface area contributed by atoms with Gasteiger partial charge < -0.3 is 9.31 Å². The predicted molar refractivity (Wildman–Crippen MR) is 94.9 cm³/mol. The summed E-state index contributed by atoms with van der Waals surface area (Å²) in [6.45, 7) is 8.48. The van der Waals surface area contributed by atoms with Crippen LogP contribution in [-0.2, 0) is 9.31 Å². The maximum Gasteiger partial charge on any atom is 0.456 e. The molecule has 0 fully saturated rings. The highest BCUT2D eigenvalue weighted by molar-refractivity contribution is 6.44. The summed E-state index contributed by atoms with van der Waals surface area (Å²) in [5.74, 6) is 0. The number of hydrogen-bond acceptors (Lipinski definition) is 2. The molecule has 0 spiro atoms. The number of unbranched alkanes of at least 4 members (excludes halogenated alkanes) is 9. The first kappa shape index (κ1) is 21.0. The van der Waals surface area contributed by atoms with E-state index < -0.39 is 0 Å². The molecular weight excluding hydrogens is 259 g/mol. The Morgan fingerprint density at radius 1 is 0.524 bits per heavy atom. The van der Waals surface area contributed by atoms with Crippen LogP contribution >= 0.6 is 0 Å². The first-order chi connectivity index (χ1) is 10.3. The van der Waals surface area contributed by atoms with Crippen LogP contribution in [0, 0.1) is 0 Å². The van der Waals surface area contributed by atoms with Crippen LogP contribution < -0.4 is 0 Å². The van der Waals surface area contributed by atoms with E-state index in [0.29, 0.717) is 0 Å². The summed E-state index contributed by atoms with van der Waals surface area (Å²) in [5, 5.41) is 0. The van der Waals surface area contributed by atoms with E-state index in [2.05, 4.69) is 20.8 Å². The second-order valence-corrected chi connectivity index (χ2v) is 6.14. The quantitative estimate of drug-likeness (QED) is 0.233. The van der Waals surface area contributed by atoms with Gasteiger partial charge in [-0.25, -0.2) is 0 Å². The van der Waals surface area contributed by atoms with E-state index in [4.69, 9.17) is 9.31 Å². The molecule has 0 heterocycles. The van der Waals surface area contributed by atoms with E-state index in [1.54, 1.807) is 0 Å². The highest BCUT2D eigenvalue weighted by Gasteiger charge is 2.16. The Balaban J connectivity index is 3.56. The maximum absolute atomic E-state index is 5.93. The fraction of sp³-hybridized carbons (Fsp3) is 1.00. The van der Waals surface area contributed by atoms with Crippen molar-refractivity contribution in [1.82, 2.24) is 0 Å². The molecule has 21 heavy (non-hydrogen) atoms. The second kappa shape index (κ2) is 18.0. The monoisotopic (exact) mass is 298 g/mol. The average molecular weight is 298 g/mol. The Kier molecular flexibility index (Phi) is 18.0. The summed E-state index contributed by atoms with van der Waals surface area (Å²) in [6, 6.07) is 0. The Morgan fingerprint density at radius 3 is 1.38 bits per heavy atom. The van der Waals surface area contributed by atoms with Gasteiger partial charge in [0.2, 0.25) is 0 Å². The molecule has 0 aromatic carbocycles. The van der Waals surface area contributed by atoms with Crippen molar-refractivity contribution in [2.24, 2.45) is 0 Å². The lowest BCUT2D eigenvalue weighted by molar-refractivity contribution is 0.188. The van der Waals surface area contributed by atoms with Crippen molar-refractivity contribution in [3.63, 3.8) is 0 Å². The third-order valence-electron chi connectivity index (χ3n) is 3.90. The highest BCUT2D eigenvalue weighted by atomic mass is 16.6. The van der Waals surface area contributed by atoms with E-state index >= 15 is 0 Å². The van der Waals surface area contributed by atoms with Gasteiger partial charge in [0, 0.05) is 13.2 Å². The van der Waals surface area contributed by atoms with Gasteiger partial charge in [-0.3, -0.25) is 0 Å². The Bertz CT molecular complexity index is 172. The summed E-state index contributed by atoms with van der Waals surface area (Å²) in [4.78, 5) is 0. The van der Waals surface area contributed by atoms with Gasteiger partial charge in [0.25, 0.3) is 0 Å².